The molecule has 142 valence electrons. The molecule has 0 unspecified atom stereocenters. The van der Waals surface area contributed by atoms with Crippen molar-refractivity contribution in [3.8, 4) is 11.5 Å². The Morgan fingerprint density at radius 3 is 2.38 bits per heavy atom. The number of rotatable bonds is 8. The lowest BCUT2D eigenvalue weighted by Gasteiger charge is -2.23. The molecule has 2 rings (SSSR count). The van der Waals surface area contributed by atoms with Gasteiger partial charge in [-0.2, -0.15) is 0 Å². The molecule has 0 spiro atoms. The van der Waals surface area contributed by atoms with Crippen LogP contribution in [0.25, 0.3) is 0 Å². The third-order valence-electron chi connectivity index (χ3n) is 3.88. The Bertz CT molecular complexity index is 844. The third-order valence-corrected chi connectivity index (χ3v) is 4.79. The average Bonchev–Trinajstić information content (AvgIpc) is 2.55. The zero-order valence-electron chi connectivity index (χ0n) is 15.3. The second-order valence-electron chi connectivity index (χ2n) is 6.65. The van der Waals surface area contributed by atoms with E-state index in [0.717, 1.165) is 12.8 Å². The highest BCUT2D eigenvalue weighted by Gasteiger charge is 2.26. The minimum Gasteiger partial charge on any atom is -0.454 e. The summed E-state index contributed by atoms with van der Waals surface area (Å²) < 4.78 is 30.2. The second kappa shape index (κ2) is 8.07. The molecule has 0 fully saturated rings. The van der Waals surface area contributed by atoms with Gasteiger partial charge in [0.25, 0.3) is 0 Å². The van der Waals surface area contributed by atoms with Gasteiger partial charge >= 0.3 is 0 Å². The Hall–Kier alpha value is -2.09. The third kappa shape index (κ3) is 5.20. The van der Waals surface area contributed by atoms with Crippen LogP contribution in [0, 0.1) is 0 Å². The molecule has 7 heteroatoms. The van der Waals surface area contributed by atoms with Crippen molar-refractivity contribution in [1.82, 2.24) is 0 Å². The van der Waals surface area contributed by atoms with Crippen molar-refractivity contribution in [2.24, 2.45) is 5.14 Å². The fraction of sp³-hybridized carbons (Fsp3) is 0.368. The summed E-state index contributed by atoms with van der Waals surface area (Å²) in [6, 6.07) is 11.9. The summed E-state index contributed by atoms with van der Waals surface area (Å²) in [5, 5.41) is 19.0. The van der Waals surface area contributed by atoms with Gasteiger partial charge < -0.3 is 15.2 Å². The standard InChI is InChI=1S/C19H26N2O4S/c1-4-5-11-21-16-12-14(19(2,3)22)13-17(26(20,23)24)18(16)25-15-9-7-6-8-10-15/h6-10,12-13,21-22H,4-5,11H2,1-3H3,(H2,20,23,24). The van der Waals surface area contributed by atoms with Crippen molar-refractivity contribution in [3.05, 3.63) is 48.0 Å². The van der Waals surface area contributed by atoms with Gasteiger partial charge in [-0.15, -0.1) is 0 Å². The molecule has 0 saturated carbocycles. The first kappa shape index (κ1) is 20.2. The van der Waals surface area contributed by atoms with Crippen LogP contribution in [0.2, 0.25) is 0 Å². The Morgan fingerprint density at radius 1 is 1.19 bits per heavy atom. The van der Waals surface area contributed by atoms with E-state index in [9.17, 15) is 13.5 Å². The molecule has 0 aliphatic heterocycles. The number of para-hydroxylation sites is 1. The number of unbranched alkanes of at least 4 members (excludes halogenated alkanes) is 1. The molecule has 26 heavy (non-hydrogen) atoms. The Labute approximate surface area is 155 Å². The first-order chi connectivity index (χ1) is 12.1. The van der Waals surface area contributed by atoms with Crippen LogP contribution in [-0.2, 0) is 15.6 Å². The van der Waals surface area contributed by atoms with Gasteiger partial charge in [0.15, 0.2) is 5.75 Å². The van der Waals surface area contributed by atoms with E-state index in [1.807, 2.05) is 6.07 Å². The van der Waals surface area contributed by atoms with Crippen LogP contribution in [0.5, 0.6) is 11.5 Å². The predicted molar refractivity (Wildman–Crippen MR) is 103 cm³/mol. The van der Waals surface area contributed by atoms with Crippen LogP contribution in [0.3, 0.4) is 0 Å². The van der Waals surface area contributed by atoms with E-state index in [2.05, 4.69) is 12.2 Å². The minimum absolute atomic E-state index is 0.128. The number of nitrogens with two attached hydrogens (primary N) is 1. The monoisotopic (exact) mass is 378 g/mol. The van der Waals surface area contributed by atoms with Crippen LogP contribution < -0.4 is 15.2 Å². The number of primary sulfonamides is 1. The number of aliphatic hydroxyl groups is 1. The number of hydrogen-bond donors (Lipinski definition) is 3. The van der Waals surface area contributed by atoms with Crippen LogP contribution >= 0.6 is 0 Å². The maximum atomic E-state index is 12.2. The summed E-state index contributed by atoms with van der Waals surface area (Å²) in [5.74, 6) is 0.620. The van der Waals surface area contributed by atoms with E-state index in [1.165, 1.54) is 6.07 Å². The van der Waals surface area contributed by atoms with Gasteiger partial charge in [-0.1, -0.05) is 31.5 Å². The van der Waals surface area contributed by atoms with Crippen LogP contribution in [-0.4, -0.2) is 20.1 Å². The summed E-state index contributed by atoms with van der Waals surface area (Å²) >= 11 is 0. The fourth-order valence-electron chi connectivity index (χ4n) is 2.41. The quantitative estimate of drug-likeness (QED) is 0.610. The highest BCUT2D eigenvalue weighted by Crippen LogP contribution is 2.39. The van der Waals surface area contributed by atoms with Gasteiger partial charge in [0.2, 0.25) is 10.0 Å². The van der Waals surface area contributed by atoms with E-state index >= 15 is 0 Å². The van der Waals surface area contributed by atoms with Crippen LogP contribution in [0.1, 0.15) is 39.2 Å². The normalized spacial score (nSPS) is 12.0. The van der Waals surface area contributed by atoms with Crippen molar-refractivity contribution >= 4 is 15.7 Å². The molecular formula is C19H26N2O4S. The van der Waals surface area contributed by atoms with Gasteiger partial charge in [-0.3, -0.25) is 0 Å². The lowest BCUT2D eigenvalue weighted by molar-refractivity contribution is 0.0784. The summed E-state index contributed by atoms with van der Waals surface area (Å²) in [5.41, 5.74) is -0.321. The molecule has 0 atom stereocenters. The zero-order valence-corrected chi connectivity index (χ0v) is 16.1. The smallest absolute Gasteiger partial charge is 0.241 e. The molecule has 0 amide bonds. The predicted octanol–water partition coefficient (Wildman–Crippen LogP) is 3.57. The molecule has 0 aromatic heterocycles. The van der Waals surface area contributed by atoms with Gasteiger partial charge in [-0.05, 0) is 50.1 Å². The molecule has 0 aliphatic rings. The maximum Gasteiger partial charge on any atom is 0.241 e. The summed E-state index contributed by atoms with van der Waals surface area (Å²) in [6.45, 7) is 5.87. The number of ether oxygens (including phenoxy) is 1. The molecule has 4 N–H and O–H groups in total. The highest BCUT2D eigenvalue weighted by molar-refractivity contribution is 7.89. The fourth-order valence-corrected chi connectivity index (χ4v) is 3.11. The van der Waals surface area contributed by atoms with Crippen molar-refractivity contribution in [2.45, 2.75) is 44.1 Å². The summed E-state index contributed by atoms with van der Waals surface area (Å²) in [7, 11) is -4.07. The summed E-state index contributed by atoms with van der Waals surface area (Å²) in [6.07, 6.45) is 1.89. The lowest BCUT2D eigenvalue weighted by Crippen LogP contribution is -2.20. The topological polar surface area (TPSA) is 102 Å². The molecule has 0 aliphatic carbocycles. The average molecular weight is 378 g/mol. The summed E-state index contributed by atoms with van der Waals surface area (Å²) in [4.78, 5) is -0.167. The Morgan fingerprint density at radius 2 is 1.85 bits per heavy atom. The molecule has 0 radical (unpaired) electrons. The molecule has 2 aromatic carbocycles. The number of nitrogens with one attached hydrogen (secondary N) is 1. The van der Waals surface area contributed by atoms with Gasteiger partial charge in [-0.25, -0.2) is 13.6 Å². The molecule has 0 bridgehead atoms. The van der Waals surface area contributed by atoms with E-state index in [0.29, 0.717) is 23.5 Å². The second-order valence-corrected chi connectivity index (χ2v) is 8.18. The first-order valence-corrected chi connectivity index (χ1v) is 10.1. The number of anilines is 1. The first-order valence-electron chi connectivity index (χ1n) is 8.53. The molecule has 0 heterocycles. The largest absolute Gasteiger partial charge is 0.454 e. The molecule has 6 nitrogen and oxygen atoms in total. The van der Waals surface area contributed by atoms with Crippen LogP contribution in [0.15, 0.2) is 47.4 Å². The van der Waals surface area contributed by atoms with Crippen LogP contribution in [0.4, 0.5) is 5.69 Å². The maximum absolute atomic E-state index is 12.2. The Kier molecular flexibility index (Phi) is 6.28. The van der Waals surface area contributed by atoms with E-state index in [-0.39, 0.29) is 10.6 Å². The minimum atomic E-state index is -4.07. The lowest BCUT2D eigenvalue weighted by atomic mass is 9.97. The number of sulfonamides is 1. The Balaban J connectivity index is 2.63. The van der Waals surface area contributed by atoms with Crippen molar-refractivity contribution in [1.29, 1.82) is 0 Å². The van der Waals surface area contributed by atoms with Crippen molar-refractivity contribution in [3.63, 3.8) is 0 Å². The van der Waals surface area contributed by atoms with Crippen molar-refractivity contribution < 1.29 is 18.3 Å². The SMILES string of the molecule is CCCCNc1cc(C(C)(C)O)cc(S(N)(=O)=O)c1Oc1ccccc1. The van der Waals surface area contributed by atoms with E-state index in [1.54, 1.807) is 44.2 Å². The van der Waals surface area contributed by atoms with E-state index < -0.39 is 15.6 Å². The number of hydrogen-bond acceptors (Lipinski definition) is 5. The number of benzene rings is 2. The molecule has 0 saturated heterocycles. The molecule has 2 aromatic rings. The van der Waals surface area contributed by atoms with Gasteiger partial charge in [0.05, 0.1) is 11.3 Å². The van der Waals surface area contributed by atoms with Gasteiger partial charge in [0, 0.05) is 6.54 Å². The zero-order chi connectivity index (χ0) is 19.4. The van der Waals surface area contributed by atoms with Crippen molar-refractivity contribution in [2.75, 3.05) is 11.9 Å². The molecular weight excluding hydrogens is 352 g/mol. The van der Waals surface area contributed by atoms with E-state index in [4.69, 9.17) is 9.88 Å². The highest BCUT2D eigenvalue weighted by atomic mass is 32.2. The van der Waals surface area contributed by atoms with Gasteiger partial charge in [0.1, 0.15) is 10.6 Å².